The maximum absolute atomic E-state index is 14.6. The summed E-state index contributed by atoms with van der Waals surface area (Å²) in [7, 11) is 0. The molecule has 2 aromatic heterocycles. The number of fused-ring (bicyclic) bond motifs is 1. The lowest BCUT2D eigenvalue weighted by Gasteiger charge is -2.41. The largest absolute Gasteiger partial charge is 0.480 e. The van der Waals surface area contributed by atoms with Gasteiger partial charge < -0.3 is 15.0 Å². The molecule has 54 heavy (non-hydrogen) atoms. The Bertz CT molecular complexity index is 2210. The second-order valence-corrected chi connectivity index (χ2v) is 14.1. The van der Waals surface area contributed by atoms with Crippen molar-refractivity contribution in [3.8, 4) is 11.1 Å². The number of carbonyl (C=O) groups is 2. The molecule has 5 aromatic rings. The molecule has 0 saturated carbocycles. The second kappa shape index (κ2) is 15.6. The van der Waals surface area contributed by atoms with Crippen LogP contribution in [0.15, 0.2) is 95.9 Å². The highest BCUT2D eigenvalue weighted by Crippen LogP contribution is 2.32. The van der Waals surface area contributed by atoms with E-state index in [2.05, 4.69) is 10.3 Å². The van der Waals surface area contributed by atoms with Gasteiger partial charge in [-0.2, -0.15) is 13.2 Å². The van der Waals surface area contributed by atoms with Crippen LogP contribution < -0.4 is 10.7 Å². The summed E-state index contributed by atoms with van der Waals surface area (Å²) in [6.07, 6.45) is -1.71. The summed E-state index contributed by atoms with van der Waals surface area (Å²) in [5.74, 6) is -3.20. The first-order valence-electron chi connectivity index (χ1n) is 17.6. The van der Waals surface area contributed by atoms with E-state index in [1.807, 2.05) is 4.90 Å². The van der Waals surface area contributed by atoms with Crippen LogP contribution in [0.3, 0.4) is 0 Å². The van der Waals surface area contributed by atoms with E-state index in [1.165, 1.54) is 36.5 Å². The topological polar surface area (TPSA) is 105 Å². The third-order valence-electron chi connectivity index (χ3n) is 10.3. The molecule has 282 valence electrons. The standard InChI is InChI=1S/C41H39F5N4O4/c1-40(2,39(53)54)49-21-18-30(19-22-49)48-37(28-10-8-25(9-11-28)26-12-15-29(16-13-26)41(44,45)46)35(52)24-50-31(17-14-27-5-3-7-33(42)36(27)43)23-34(51)32-6-4-20-47-38(32)50/h3-13,15-16,20,23,30,37,48H,14,17-19,21-22,24H2,1-2H3,(H,53,54). The zero-order valence-corrected chi connectivity index (χ0v) is 29.7. The Hall–Kier alpha value is -5.27. The normalized spacial score (nSPS) is 15.0. The number of aromatic nitrogens is 2. The summed E-state index contributed by atoms with van der Waals surface area (Å²) in [6, 6.07) is 19.1. The maximum Gasteiger partial charge on any atom is 0.416 e. The zero-order chi connectivity index (χ0) is 38.8. The number of carbonyl (C=O) groups excluding carboxylic acids is 1. The van der Waals surface area contributed by atoms with Crippen molar-refractivity contribution in [2.45, 2.75) is 69.9 Å². The molecule has 1 aliphatic heterocycles. The predicted molar refractivity (Wildman–Crippen MR) is 194 cm³/mol. The Balaban J connectivity index is 1.32. The fourth-order valence-electron chi connectivity index (χ4n) is 6.95. The average molecular weight is 747 g/mol. The lowest BCUT2D eigenvalue weighted by atomic mass is 9.93. The van der Waals surface area contributed by atoms with Crippen molar-refractivity contribution in [3.05, 3.63) is 135 Å². The highest BCUT2D eigenvalue weighted by molar-refractivity contribution is 5.87. The number of pyridine rings is 2. The number of nitrogens with zero attached hydrogens (tertiary/aromatic N) is 3. The molecule has 0 bridgehead atoms. The quantitative estimate of drug-likeness (QED) is 0.129. The van der Waals surface area contributed by atoms with Crippen molar-refractivity contribution in [3.63, 3.8) is 0 Å². The Morgan fingerprint density at radius 2 is 1.56 bits per heavy atom. The number of likely N-dealkylation sites (tertiary alicyclic amines) is 1. The molecule has 0 spiro atoms. The van der Waals surface area contributed by atoms with Crippen LogP contribution in [0.1, 0.15) is 55.1 Å². The fourth-order valence-corrected chi connectivity index (χ4v) is 6.95. The molecular weight excluding hydrogens is 707 g/mol. The zero-order valence-electron chi connectivity index (χ0n) is 29.7. The van der Waals surface area contributed by atoms with Crippen molar-refractivity contribution in [1.82, 2.24) is 19.8 Å². The number of hydrogen-bond donors (Lipinski definition) is 2. The van der Waals surface area contributed by atoms with Gasteiger partial charge in [-0.1, -0.05) is 48.5 Å². The second-order valence-electron chi connectivity index (χ2n) is 14.1. The number of benzene rings is 3. The lowest BCUT2D eigenvalue weighted by Crippen LogP contribution is -2.55. The molecular formula is C41H39F5N4O4. The summed E-state index contributed by atoms with van der Waals surface area (Å²) in [5, 5.41) is 13.5. The van der Waals surface area contributed by atoms with Crippen LogP contribution in [0.5, 0.6) is 0 Å². The van der Waals surface area contributed by atoms with E-state index in [0.717, 1.165) is 18.2 Å². The first-order chi connectivity index (χ1) is 25.6. The number of Topliss-reactive ketones (excluding diaryl/α,β-unsaturated/α-hetero) is 1. The van der Waals surface area contributed by atoms with Crippen LogP contribution in [0, 0.1) is 11.6 Å². The molecule has 0 aliphatic carbocycles. The van der Waals surface area contributed by atoms with Crippen molar-refractivity contribution in [2.24, 2.45) is 0 Å². The van der Waals surface area contributed by atoms with Gasteiger partial charge in [-0.15, -0.1) is 0 Å². The Morgan fingerprint density at radius 3 is 2.19 bits per heavy atom. The van der Waals surface area contributed by atoms with Gasteiger partial charge in [0.1, 0.15) is 11.2 Å². The average Bonchev–Trinajstić information content (AvgIpc) is 3.15. The number of aryl methyl sites for hydroxylation is 2. The number of carboxylic acid groups (broad SMARTS) is 1. The summed E-state index contributed by atoms with van der Waals surface area (Å²) >= 11 is 0. The molecule has 3 aromatic carbocycles. The van der Waals surface area contributed by atoms with E-state index in [4.69, 9.17) is 0 Å². The number of rotatable bonds is 12. The maximum atomic E-state index is 14.6. The summed E-state index contributed by atoms with van der Waals surface area (Å²) < 4.78 is 69.7. The number of alkyl halides is 3. The first kappa shape index (κ1) is 38.5. The smallest absolute Gasteiger partial charge is 0.416 e. The van der Waals surface area contributed by atoms with E-state index in [9.17, 15) is 41.4 Å². The number of aliphatic carboxylic acids is 1. The van der Waals surface area contributed by atoms with E-state index >= 15 is 0 Å². The van der Waals surface area contributed by atoms with Crippen LogP contribution >= 0.6 is 0 Å². The summed E-state index contributed by atoms with van der Waals surface area (Å²) in [4.78, 5) is 45.9. The van der Waals surface area contributed by atoms with E-state index in [-0.39, 0.29) is 53.2 Å². The van der Waals surface area contributed by atoms with Crippen LogP contribution in [0.2, 0.25) is 0 Å². The minimum Gasteiger partial charge on any atom is -0.480 e. The van der Waals surface area contributed by atoms with Gasteiger partial charge in [-0.05, 0) is 92.1 Å². The van der Waals surface area contributed by atoms with Crippen molar-refractivity contribution in [2.75, 3.05) is 13.1 Å². The van der Waals surface area contributed by atoms with Crippen LogP contribution in [0.4, 0.5) is 22.0 Å². The van der Waals surface area contributed by atoms with Gasteiger partial charge >= 0.3 is 12.1 Å². The summed E-state index contributed by atoms with van der Waals surface area (Å²) in [6.45, 7) is 4.00. The number of hydrogen-bond acceptors (Lipinski definition) is 6. The predicted octanol–water partition coefficient (Wildman–Crippen LogP) is 7.37. The number of carboxylic acids is 1. The van der Waals surface area contributed by atoms with Gasteiger partial charge in [-0.25, -0.2) is 13.8 Å². The first-order valence-corrected chi connectivity index (χ1v) is 17.6. The lowest BCUT2D eigenvalue weighted by molar-refractivity contribution is -0.150. The van der Waals surface area contributed by atoms with Gasteiger partial charge in [0.25, 0.3) is 0 Å². The number of ketones is 1. The van der Waals surface area contributed by atoms with Crippen molar-refractivity contribution < 1.29 is 36.6 Å². The van der Waals surface area contributed by atoms with Gasteiger partial charge in [0.15, 0.2) is 22.8 Å². The third-order valence-corrected chi connectivity index (χ3v) is 10.3. The fraction of sp³-hybridized carbons (Fsp3) is 0.317. The minimum atomic E-state index is -4.47. The molecule has 2 N–H and O–H groups in total. The molecule has 0 radical (unpaired) electrons. The van der Waals surface area contributed by atoms with E-state index in [0.29, 0.717) is 48.3 Å². The van der Waals surface area contributed by atoms with Crippen molar-refractivity contribution >= 4 is 22.8 Å². The number of halogens is 5. The van der Waals surface area contributed by atoms with Crippen LogP contribution in [0.25, 0.3) is 22.2 Å². The molecule has 1 unspecified atom stereocenters. The Kier molecular flexibility index (Phi) is 11.1. The number of piperidine rings is 1. The van der Waals surface area contributed by atoms with Gasteiger partial charge in [-0.3, -0.25) is 19.3 Å². The molecule has 0 amide bonds. The Morgan fingerprint density at radius 1 is 0.907 bits per heavy atom. The van der Waals surface area contributed by atoms with Gasteiger partial charge in [0.2, 0.25) is 0 Å². The molecule has 1 atom stereocenters. The highest BCUT2D eigenvalue weighted by Gasteiger charge is 2.37. The Labute approximate surface area is 308 Å². The minimum absolute atomic E-state index is 0.0495. The number of nitrogens with one attached hydrogen (secondary N) is 1. The van der Waals surface area contributed by atoms with Crippen LogP contribution in [-0.2, 0) is 35.2 Å². The molecule has 1 saturated heterocycles. The monoisotopic (exact) mass is 746 g/mol. The van der Waals surface area contributed by atoms with Crippen molar-refractivity contribution in [1.29, 1.82) is 0 Å². The molecule has 13 heteroatoms. The van der Waals surface area contributed by atoms with Gasteiger partial charge in [0, 0.05) is 37.1 Å². The summed E-state index contributed by atoms with van der Waals surface area (Å²) in [5.41, 5.74) is 0.406. The van der Waals surface area contributed by atoms with Gasteiger partial charge in [0.05, 0.1) is 23.5 Å². The van der Waals surface area contributed by atoms with E-state index in [1.54, 1.807) is 54.8 Å². The molecule has 8 nitrogen and oxygen atoms in total. The highest BCUT2D eigenvalue weighted by atomic mass is 19.4. The molecule has 1 fully saturated rings. The molecule has 1 aliphatic rings. The molecule has 3 heterocycles. The van der Waals surface area contributed by atoms with Crippen LogP contribution in [-0.4, -0.2) is 56.0 Å². The third kappa shape index (κ3) is 8.27. The van der Waals surface area contributed by atoms with E-state index < -0.39 is 40.9 Å². The molecule has 6 rings (SSSR count). The SMILES string of the molecule is CC(C)(C(=O)O)N1CCC(NC(C(=O)Cn2c(CCc3cccc(F)c3F)cc(=O)c3cccnc32)c2ccc(-c3ccc(C(F)(F)F)cc3)cc2)CC1.